The van der Waals surface area contributed by atoms with E-state index in [-0.39, 0.29) is 0 Å². The molecule has 0 bridgehead atoms. The van der Waals surface area contributed by atoms with Crippen molar-refractivity contribution in [3.05, 3.63) is 0 Å². The molecule has 0 unspecified atom stereocenters. The normalized spacial score (nSPS) is 29.0. The predicted molar refractivity (Wildman–Crippen MR) is 94.2 cm³/mol. The third-order valence-electron chi connectivity index (χ3n) is 6.59. The Morgan fingerprint density at radius 3 is 1.64 bits per heavy atom. The Morgan fingerprint density at radius 2 is 1.14 bits per heavy atom. The van der Waals surface area contributed by atoms with Crippen molar-refractivity contribution < 1.29 is 0 Å². The molecular formula is C19H37N3. The number of nitrogens with zero attached hydrogens (tertiary/aromatic N) is 2. The number of nitrogens with one attached hydrogen (secondary N) is 1. The number of piperidine rings is 3. The summed E-state index contributed by atoms with van der Waals surface area (Å²) in [5.74, 6) is 0.929. The third kappa shape index (κ3) is 4.04. The molecule has 0 aliphatic carbocycles. The van der Waals surface area contributed by atoms with Crippen molar-refractivity contribution >= 4 is 0 Å². The molecule has 3 heterocycles. The molecule has 1 N–H and O–H groups in total. The minimum Gasteiger partial charge on any atom is -0.317 e. The van der Waals surface area contributed by atoms with Crippen molar-refractivity contribution in [2.24, 2.45) is 11.3 Å². The van der Waals surface area contributed by atoms with Gasteiger partial charge in [0.2, 0.25) is 0 Å². The second-order valence-electron chi connectivity index (χ2n) is 8.92. The minimum atomic E-state index is 0.504. The Bertz CT molecular complexity index is 327. The van der Waals surface area contributed by atoms with Gasteiger partial charge in [-0.2, -0.15) is 0 Å². The molecule has 3 saturated heterocycles. The Hall–Kier alpha value is -0.120. The van der Waals surface area contributed by atoms with Gasteiger partial charge in [-0.05, 0) is 89.1 Å². The van der Waals surface area contributed by atoms with Crippen molar-refractivity contribution in [2.45, 2.75) is 71.4 Å². The first kappa shape index (κ1) is 16.7. The molecule has 0 spiro atoms. The standard InChI is InChI=1S/C19H37N3/c1-19(2,3)16-6-12-21(13-7-16)18-8-14-22(15-9-18)17-4-10-20-11-5-17/h16-18,20H,4-15H2,1-3H3. The fourth-order valence-corrected chi connectivity index (χ4v) is 4.92. The quantitative estimate of drug-likeness (QED) is 0.846. The second-order valence-corrected chi connectivity index (χ2v) is 8.92. The molecule has 3 nitrogen and oxygen atoms in total. The van der Waals surface area contributed by atoms with E-state index in [1.807, 2.05) is 0 Å². The Balaban J connectivity index is 1.42. The molecule has 0 aromatic rings. The van der Waals surface area contributed by atoms with Crippen LogP contribution in [0.15, 0.2) is 0 Å². The minimum absolute atomic E-state index is 0.504. The lowest BCUT2D eigenvalue weighted by molar-refractivity contribution is 0.0377. The van der Waals surface area contributed by atoms with E-state index in [0.29, 0.717) is 5.41 Å². The van der Waals surface area contributed by atoms with Crippen molar-refractivity contribution in [1.82, 2.24) is 15.1 Å². The van der Waals surface area contributed by atoms with E-state index in [1.165, 1.54) is 77.8 Å². The van der Waals surface area contributed by atoms with Gasteiger partial charge in [0.15, 0.2) is 0 Å². The third-order valence-corrected chi connectivity index (χ3v) is 6.59. The molecule has 0 atom stereocenters. The summed E-state index contributed by atoms with van der Waals surface area (Å²) >= 11 is 0. The zero-order valence-corrected chi connectivity index (χ0v) is 15.1. The van der Waals surface area contributed by atoms with Crippen LogP contribution in [0, 0.1) is 11.3 Å². The molecule has 3 aliphatic heterocycles. The molecule has 0 aromatic heterocycles. The zero-order valence-electron chi connectivity index (χ0n) is 15.1. The SMILES string of the molecule is CC(C)(C)C1CCN(C2CCN(C3CCNCC3)CC2)CC1. The van der Waals surface area contributed by atoms with Crippen LogP contribution in [0.1, 0.15) is 59.3 Å². The van der Waals surface area contributed by atoms with Gasteiger partial charge >= 0.3 is 0 Å². The lowest BCUT2D eigenvalue weighted by Gasteiger charge is -2.46. The van der Waals surface area contributed by atoms with E-state index in [4.69, 9.17) is 0 Å². The van der Waals surface area contributed by atoms with Gasteiger partial charge in [0.05, 0.1) is 0 Å². The van der Waals surface area contributed by atoms with Crippen molar-refractivity contribution in [3.63, 3.8) is 0 Å². The largest absolute Gasteiger partial charge is 0.317 e. The Morgan fingerprint density at radius 1 is 0.682 bits per heavy atom. The van der Waals surface area contributed by atoms with Crippen LogP contribution in [-0.2, 0) is 0 Å². The molecule has 3 rings (SSSR count). The van der Waals surface area contributed by atoms with E-state index in [0.717, 1.165) is 18.0 Å². The summed E-state index contributed by atoms with van der Waals surface area (Å²) in [6.45, 7) is 15.1. The maximum atomic E-state index is 3.50. The van der Waals surface area contributed by atoms with Crippen LogP contribution < -0.4 is 5.32 Å². The van der Waals surface area contributed by atoms with Crippen LogP contribution >= 0.6 is 0 Å². The number of likely N-dealkylation sites (tertiary alicyclic amines) is 2. The summed E-state index contributed by atoms with van der Waals surface area (Å²) in [6.07, 6.45) is 8.37. The first-order valence-electron chi connectivity index (χ1n) is 9.73. The van der Waals surface area contributed by atoms with E-state index in [2.05, 4.69) is 35.9 Å². The summed E-state index contributed by atoms with van der Waals surface area (Å²) in [5, 5.41) is 3.50. The van der Waals surface area contributed by atoms with Crippen molar-refractivity contribution in [1.29, 1.82) is 0 Å². The van der Waals surface area contributed by atoms with E-state index < -0.39 is 0 Å². The van der Waals surface area contributed by atoms with Gasteiger partial charge in [-0.3, -0.25) is 0 Å². The fraction of sp³-hybridized carbons (Fsp3) is 1.00. The number of hydrogen-bond donors (Lipinski definition) is 1. The predicted octanol–water partition coefficient (Wildman–Crippen LogP) is 2.96. The fourth-order valence-electron chi connectivity index (χ4n) is 4.92. The van der Waals surface area contributed by atoms with Crippen molar-refractivity contribution in [3.8, 4) is 0 Å². The van der Waals surface area contributed by atoms with Crippen molar-refractivity contribution in [2.75, 3.05) is 39.3 Å². The van der Waals surface area contributed by atoms with E-state index >= 15 is 0 Å². The maximum absolute atomic E-state index is 3.50. The molecule has 0 radical (unpaired) electrons. The Labute approximate surface area is 137 Å². The topological polar surface area (TPSA) is 18.5 Å². The highest BCUT2D eigenvalue weighted by Crippen LogP contribution is 2.35. The monoisotopic (exact) mass is 307 g/mol. The lowest BCUT2D eigenvalue weighted by atomic mass is 9.75. The molecule has 0 amide bonds. The highest BCUT2D eigenvalue weighted by Gasteiger charge is 2.33. The van der Waals surface area contributed by atoms with Crippen LogP contribution in [0.2, 0.25) is 0 Å². The molecule has 3 heteroatoms. The summed E-state index contributed by atoms with van der Waals surface area (Å²) in [5.41, 5.74) is 0.504. The van der Waals surface area contributed by atoms with Gasteiger partial charge in [-0.15, -0.1) is 0 Å². The zero-order chi connectivity index (χ0) is 15.6. The summed E-state index contributed by atoms with van der Waals surface area (Å²) in [4.78, 5) is 5.61. The molecule has 0 aromatic carbocycles. The average Bonchev–Trinajstić information content (AvgIpc) is 2.55. The van der Waals surface area contributed by atoms with Gasteiger partial charge in [0, 0.05) is 12.1 Å². The second kappa shape index (κ2) is 7.19. The van der Waals surface area contributed by atoms with E-state index in [9.17, 15) is 0 Å². The maximum Gasteiger partial charge on any atom is 0.0120 e. The van der Waals surface area contributed by atoms with Crippen LogP contribution in [0.5, 0.6) is 0 Å². The Kier molecular flexibility index (Phi) is 5.47. The summed E-state index contributed by atoms with van der Waals surface area (Å²) in [6, 6.07) is 1.74. The van der Waals surface area contributed by atoms with Crippen LogP contribution in [0.25, 0.3) is 0 Å². The van der Waals surface area contributed by atoms with Crippen LogP contribution in [-0.4, -0.2) is 61.2 Å². The lowest BCUT2D eigenvalue weighted by Crippen LogP contribution is -2.52. The van der Waals surface area contributed by atoms with E-state index in [1.54, 1.807) is 0 Å². The smallest absolute Gasteiger partial charge is 0.0120 e. The number of hydrogen-bond acceptors (Lipinski definition) is 3. The first-order chi connectivity index (χ1) is 10.5. The highest BCUT2D eigenvalue weighted by atomic mass is 15.2. The van der Waals surface area contributed by atoms with Crippen LogP contribution in [0.3, 0.4) is 0 Å². The first-order valence-corrected chi connectivity index (χ1v) is 9.73. The summed E-state index contributed by atoms with van der Waals surface area (Å²) < 4.78 is 0. The van der Waals surface area contributed by atoms with Gasteiger partial charge in [-0.1, -0.05) is 20.8 Å². The highest BCUT2D eigenvalue weighted by molar-refractivity contribution is 4.88. The summed E-state index contributed by atoms with van der Waals surface area (Å²) in [7, 11) is 0. The molecular weight excluding hydrogens is 270 g/mol. The van der Waals surface area contributed by atoms with Gasteiger partial charge in [-0.25, -0.2) is 0 Å². The molecule has 3 fully saturated rings. The molecule has 0 saturated carbocycles. The average molecular weight is 308 g/mol. The van der Waals surface area contributed by atoms with Gasteiger partial charge < -0.3 is 15.1 Å². The number of rotatable bonds is 2. The molecule has 128 valence electrons. The molecule has 22 heavy (non-hydrogen) atoms. The van der Waals surface area contributed by atoms with Gasteiger partial charge in [0.1, 0.15) is 0 Å². The molecule has 3 aliphatic rings. The van der Waals surface area contributed by atoms with Crippen LogP contribution in [0.4, 0.5) is 0 Å². The van der Waals surface area contributed by atoms with Gasteiger partial charge in [0.25, 0.3) is 0 Å².